The first-order valence-corrected chi connectivity index (χ1v) is 10.2. The molecule has 4 nitrogen and oxygen atoms in total. The second kappa shape index (κ2) is 7.01. The number of fused-ring (bicyclic) bond motifs is 3. The van der Waals surface area contributed by atoms with Gasteiger partial charge in [0.2, 0.25) is 0 Å². The average Bonchev–Trinajstić information content (AvgIpc) is 3.55. The molecule has 3 saturated heterocycles. The molecule has 0 radical (unpaired) electrons. The van der Waals surface area contributed by atoms with Crippen LogP contribution in [0.15, 0.2) is 54.6 Å². The molecule has 6 rings (SSSR count). The Balaban J connectivity index is 1.30. The first kappa shape index (κ1) is 16.8. The van der Waals surface area contributed by atoms with Gasteiger partial charge in [0.1, 0.15) is 5.75 Å². The lowest BCUT2D eigenvalue weighted by atomic mass is 9.83. The predicted molar refractivity (Wildman–Crippen MR) is 106 cm³/mol. The molecule has 2 aromatic rings. The SMILES string of the molecule is O=C(Oc1ccc(-c2ccccc2)cc1)N(C1CC1)C1CN2CCC1CC2. The van der Waals surface area contributed by atoms with Gasteiger partial charge < -0.3 is 14.5 Å². The Morgan fingerprint density at radius 3 is 2.15 bits per heavy atom. The number of benzene rings is 2. The van der Waals surface area contributed by atoms with Crippen molar-refractivity contribution < 1.29 is 9.53 Å². The zero-order valence-electron chi connectivity index (χ0n) is 15.6. The van der Waals surface area contributed by atoms with Crippen LogP contribution in [0.4, 0.5) is 4.79 Å². The Morgan fingerprint density at radius 2 is 1.56 bits per heavy atom. The van der Waals surface area contributed by atoms with Crippen LogP contribution in [-0.2, 0) is 0 Å². The van der Waals surface area contributed by atoms with E-state index in [2.05, 4.69) is 21.9 Å². The van der Waals surface area contributed by atoms with Gasteiger partial charge in [-0.3, -0.25) is 0 Å². The number of carbonyl (C=O) groups is 1. The Labute approximate surface area is 160 Å². The normalized spacial score (nSPS) is 26.6. The van der Waals surface area contributed by atoms with E-state index in [-0.39, 0.29) is 6.09 Å². The van der Waals surface area contributed by atoms with Crippen LogP contribution in [0.5, 0.6) is 5.75 Å². The van der Waals surface area contributed by atoms with E-state index in [9.17, 15) is 4.79 Å². The number of carbonyl (C=O) groups excluding carboxylic acids is 1. The van der Waals surface area contributed by atoms with E-state index in [0.29, 0.717) is 23.8 Å². The molecule has 2 bridgehead atoms. The minimum atomic E-state index is -0.163. The number of amides is 1. The van der Waals surface area contributed by atoms with E-state index in [1.165, 1.54) is 31.5 Å². The van der Waals surface area contributed by atoms with Crippen molar-refractivity contribution in [2.75, 3.05) is 19.6 Å². The van der Waals surface area contributed by atoms with Gasteiger partial charge in [-0.2, -0.15) is 0 Å². The number of ether oxygens (including phenoxy) is 1. The summed E-state index contributed by atoms with van der Waals surface area (Å²) >= 11 is 0. The summed E-state index contributed by atoms with van der Waals surface area (Å²) in [6, 6.07) is 18.8. The molecule has 2 aromatic carbocycles. The molecule has 1 amide bonds. The van der Waals surface area contributed by atoms with Crippen LogP contribution in [0.2, 0.25) is 0 Å². The summed E-state index contributed by atoms with van der Waals surface area (Å²) in [6.07, 6.45) is 4.50. The van der Waals surface area contributed by atoms with Crippen molar-refractivity contribution in [3.63, 3.8) is 0 Å². The molecule has 1 aliphatic carbocycles. The molecule has 0 N–H and O–H groups in total. The van der Waals surface area contributed by atoms with Gasteiger partial charge >= 0.3 is 6.09 Å². The lowest BCUT2D eigenvalue weighted by molar-refractivity contribution is 0.00929. The third-order valence-electron chi connectivity index (χ3n) is 6.30. The lowest BCUT2D eigenvalue weighted by Crippen LogP contribution is -2.59. The highest BCUT2D eigenvalue weighted by Gasteiger charge is 2.45. The van der Waals surface area contributed by atoms with Crippen molar-refractivity contribution in [2.45, 2.75) is 37.8 Å². The molecule has 4 aliphatic rings. The first-order valence-electron chi connectivity index (χ1n) is 10.2. The fraction of sp³-hybridized carbons (Fsp3) is 0.435. The first-order chi connectivity index (χ1) is 13.3. The molecule has 0 spiro atoms. The lowest BCUT2D eigenvalue weighted by Gasteiger charge is -2.48. The molecular formula is C23H26N2O2. The van der Waals surface area contributed by atoms with Gasteiger partial charge in [0.25, 0.3) is 0 Å². The van der Waals surface area contributed by atoms with Crippen molar-refractivity contribution in [2.24, 2.45) is 5.92 Å². The number of rotatable bonds is 4. The number of hydrogen-bond acceptors (Lipinski definition) is 3. The highest BCUT2D eigenvalue weighted by Crippen LogP contribution is 2.38. The highest BCUT2D eigenvalue weighted by molar-refractivity contribution is 5.73. The van der Waals surface area contributed by atoms with Crippen molar-refractivity contribution in [3.8, 4) is 16.9 Å². The van der Waals surface area contributed by atoms with Gasteiger partial charge in [-0.05, 0) is 68.0 Å². The fourth-order valence-corrected chi connectivity index (χ4v) is 4.66. The van der Waals surface area contributed by atoms with Gasteiger partial charge in [-0.15, -0.1) is 0 Å². The molecule has 3 aliphatic heterocycles. The Hall–Kier alpha value is -2.33. The van der Waals surface area contributed by atoms with Crippen molar-refractivity contribution in [1.82, 2.24) is 9.80 Å². The molecule has 140 valence electrons. The van der Waals surface area contributed by atoms with Crippen molar-refractivity contribution in [3.05, 3.63) is 54.6 Å². The fourth-order valence-electron chi connectivity index (χ4n) is 4.66. The quantitative estimate of drug-likeness (QED) is 0.808. The molecule has 4 fully saturated rings. The largest absolute Gasteiger partial charge is 0.415 e. The summed E-state index contributed by atoms with van der Waals surface area (Å²) in [5.74, 6) is 1.27. The van der Waals surface area contributed by atoms with E-state index in [1.54, 1.807) is 0 Å². The molecule has 0 aromatic heterocycles. The summed E-state index contributed by atoms with van der Waals surface area (Å²) in [7, 11) is 0. The van der Waals surface area contributed by atoms with E-state index < -0.39 is 0 Å². The topological polar surface area (TPSA) is 32.8 Å². The third-order valence-corrected chi connectivity index (χ3v) is 6.30. The van der Waals surface area contributed by atoms with Crippen LogP contribution in [-0.4, -0.2) is 47.6 Å². The predicted octanol–water partition coefficient (Wildman–Crippen LogP) is 4.41. The van der Waals surface area contributed by atoms with E-state index in [0.717, 1.165) is 24.9 Å². The van der Waals surface area contributed by atoms with Gasteiger partial charge in [-0.1, -0.05) is 42.5 Å². The number of hydrogen-bond donors (Lipinski definition) is 0. The summed E-state index contributed by atoms with van der Waals surface area (Å²) < 4.78 is 5.80. The highest BCUT2D eigenvalue weighted by atomic mass is 16.6. The van der Waals surface area contributed by atoms with Gasteiger partial charge in [-0.25, -0.2) is 4.79 Å². The van der Waals surface area contributed by atoms with Crippen LogP contribution in [0, 0.1) is 5.92 Å². The standard InChI is InChI=1S/C23H26N2O2/c26-23(25(20-8-9-20)22-16-24-14-12-19(22)13-15-24)27-21-10-6-18(7-11-21)17-4-2-1-3-5-17/h1-7,10-11,19-20,22H,8-9,12-16H2. The van der Waals surface area contributed by atoms with E-state index in [4.69, 9.17) is 4.74 Å². The number of piperidine rings is 3. The number of nitrogens with zero attached hydrogens (tertiary/aromatic N) is 2. The Kier molecular flexibility index (Phi) is 4.36. The van der Waals surface area contributed by atoms with Gasteiger partial charge in [0.15, 0.2) is 0 Å². The minimum Gasteiger partial charge on any atom is -0.410 e. The third kappa shape index (κ3) is 3.46. The molecule has 1 unspecified atom stereocenters. The molecule has 3 heterocycles. The maximum absolute atomic E-state index is 13.0. The van der Waals surface area contributed by atoms with Crippen LogP contribution in [0.1, 0.15) is 25.7 Å². The molecular weight excluding hydrogens is 336 g/mol. The maximum atomic E-state index is 13.0. The molecule has 1 atom stereocenters. The Bertz CT molecular complexity index is 793. The smallest absolute Gasteiger partial charge is 0.410 e. The van der Waals surface area contributed by atoms with Crippen LogP contribution in [0.25, 0.3) is 11.1 Å². The van der Waals surface area contributed by atoms with Crippen LogP contribution < -0.4 is 4.74 Å². The van der Waals surface area contributed by atoms with Crippen molar-refractivity contribution in [1.29, 1.82) is 0 Å². The minimum absolute atomic E-state index is 0.163. The van der Waals surface area contributed by atoms with Gasteiger partial charge in [0.05, 0.1) is 6.04 Å². The second-order valence-electron chi connectivity index (χ2n) is 8.10. The summed E-state index contributed by atoms with van der Waals surface area (Å²) in [4.78, 5) is 17.6. The summed E-state index contributed by atoms with van der Waals surface area (Å²) in [5, 5.41) is 0. The second-order valence-corrected chi connectivity index (χ2v) is 8.10. The zero-order chi connectivity index (χ0) is 18.2. The summed E-state index contributed by atoms with van der Waals surface area (Å²) in [6.45, 7) is 3.40. The zero-order valence-corrected chi connectivity index (χ0v) is 15.6. The summed E-state index contributed by atoms with van der Waals surface area (Å²) in [5.41, 5.74) is 2.30. The molecule has 27 heavy (non-hydrogen) atoms. The molecule has 4 heteroatoms. The maximum Gasteiger partial charge on any atom is 0.415 e. The van der Waals surface area contributed by atoms with E-state index >= 15 is 0 Å². The molecule has 1 saturated carbocycles. The van der Waals surface area contributed by atoms with Crippen molar-refractivity contribution >= 4 is 6.09 Å². The Morgan fingerprint density at radius 1 is 0.889 bits per heavy atom. The monoisotopic (exact) mass is 362 g/mol. The van der Waals surface area contributed by atoms with Crippen LogP contribution >= 0.6 is 0 Å². The average molecular weight is 362 g/mol. The van der Waals surface area contributed by atoms with E-state index in [1.807, 2.05) is 42.5 Å². The van der Waals surface area contributed by atoms with Crippen LogP contribution in [0.3, 0.4) is 0 Å². The van der Waals surface area contributed by atoms with Gasteiger partial charge in [0, 0.05) is 12.6 Å².